The highest BCUT2D eigenvalue weighted by atomic mass is 35.5. The van der Waals surface area contributed by atoms with Gasteiger partial charge in [0.2, 0.25) is 0 Å². The third-order valence-electron chi connectivity index (χ3n) is 3.88. The van der Waals surface area contributed by atoms with Crippen molar-refractivity contribution in [3.8, 4) is 0 Å². The lowest BCUT2D eigenvalue weighted by molar-refractivity contribution is 0.0955. The Morgan fingerprint density at radius 2 is 2.04 bits per heavy atom. The third-order valence-corrected chi connectivity index (χ3v) is 4.19. The Balaban J connectivity index is 1.48. The van der Waals surface area contributed by atoms with Crippen LogP contribution in [0.4, 0.5) is 16.0 Å². The van der Waals surface area contributed by atoms with Crippen LogP contribution >= 0.6 is 11.6 Å². The zero-order chi connectivity index (χ0) is 18.4. The first-order valence-corrected chi connectivity index (χ1v) is 8.63. The van der Waals surface area contributed by atoms with Crippen LogP contribution in [0.15, 0.2) is 30.6 Å². The molecule has 0 saturated carbocycles. The minimum absolute atomic E-state index is 0.0846. The number of rotatable bonds is 6. The number of halogens is 2. The van der Waals surface area contributed by atoms with Gasteiger partial charge in [-0.25, -0.2) is 14.4 Å². The Morgan fingerprint density at radius 3 is 2.81 bits per heavy atom. The molecule has 1 aromatic carbocycles. The van der Waals surface area contributed by atoms with Crippen molar-refractivity contribution in [3.63, 3.8) is 0 Å². The summed E-state index contributed by atoms with van der Waals surface area (Å²) in [7, 11) is 0. The van der Waals surface area contributed by atoms with Crippen LogP contribution in [-0.4, -0.2) is 55.3 Å². The minimum Gasteiger partial charge on any atom is -0.378 e. The van der Waals surface area contributed by atoms with Crippen LogP contribution in [-0.2, 0) is 4.74 Å². The number of morpholine rings is 1. The minimum atomic E-state index is -0.479. The molecule has 1 aromatic heterocycles. The van der Waals surface area contributed by atoms with Gasteiger partial charge < -0.3 is 20.3 Å². The molecule has 9 heteroatoms. The Labute approximate surface area is 155 Å². The van der Waals surface area contributed by atoms with Crippen molar-refractivity contribution in [2.45, 2.75) is 0 Å². The summed E-state index contributed by atoms with van der Waals surface area (Å²) in [5, 5.41) is 5.95. The molecule has 2 aromatic rings. The number of nitrogens with zero attached hydrogens (tertiary/aromatic N) is 3. The molecule has 0 bridgehead atoms. The van der Waals surface area contributed by atoms with Gasteiger partial charge in [0.25, 0.3) is 5.91 Å². The maximum absolute atomic E-state index is 13.0. The van der Waals surface area contributed by atoms with E-state index in [-0.39, 0.29) is 16.5 Å². The molecule has 2 heterocycles. The summed E-state index contributed by atoms with van der Waals surface area (Å²) in [6.45, 7) is 3.80. The number of aromatic nitrogens is 2. The fourth-order valence-corrected chi connectivity index (χ4v) is 2.80. The second-order valence-electron chi connectivity index (χ2n) is 5.67. The van der Waals surface area contributed by atoms with E-state index in [4.69, 9.17) is 16.3 Å². The Kier molecular flexibility index (Phi) is 6.19. The molecule has 2 N–H and O–H groups in total. The van der Waals surface area contributed by atoms with E-state index in [2.05, 4.69) is 25.5 Å². The molecular weight excluding hydrogens is 361 g/mol. The molecule has 1 aliphatic rings. The van der Waals surface area contributed by atoms with E-state index in [9.17, 15) is 9.18 Å². The Morgan fingerprint density at radius 1 is 1.23 bits per heavy atom. The second-order valence-corrected chi connectivity index (χ2v) is 6.07. The molecule has 1 saturated heterocycles. The summed E-state index contributed by atoms with van der Waals surface area (Å²) in [5.74, 6) is 0.685. The van der Waals surface area contributed by atoms with Crippen molar-refractivity contribution >= 4 is 29.1 Å². The summed E-state index contributed by atoms with van der Waals surface area (Å²) in [5.41, 5.74) is 0.240. The largest absolute Gasteiger partial charge is 0.378 e. The summed E-state index contributed by atoms with van der Waals surface area (Å²) < 4.78 is 18.4. The molecule has 0 aliphatic carbocycles. The van der Waals surface area contributed by atoms with Crippen molar-refractivity contribution in [1.82, 2.24) is 15.3 Å². The van der Waals surface area contributed by atoms with Gasteiger partial charge in [-0.3, -0.25) is 4.79 Å². The quantitative estimate of drug-likeness (QED) is 0.747. The molecule has 7 nitrogen and oxygen atoms in total. The first kappa shape index (κ1) is 18.3. The highest BCUT2D eigenvalue weighted by Gasteiger charge is 2.13. The van der Waals surface area contributed by atoms with Crippen molar-refractivity contribution in [2.75, 3.05) is 49.6 Å². The number of ether oxygens (including phenoxy) is 1. The van der Waals surface area contributed by atoms with E-state index in [1.165, 1.54) is 18.5 Å². The lowest BCUT2D eigenvalue weighted by atomic mass is 10.2. The standard InChI is InChI=1S/C17H19ClFN5O2/c18-14-9-12(19)1-2-13(14)17(25)21-4-3-20-15-10-16(23-11-22-15)24-5-7-26-8-6-24/h1-2,9-11H,3-8H2,(H,21,25)(H,20,22,23). The lowest BCUT2D eigenvalue weighted by Crippen LogP contribution is -2.36. The normalized spacial score (nSPS) is 14.2. The van der Waals surface area contributed by atoms with Crippen LogP contribution in [0, 0.1) is 5.82 Å². The van der Waals surface area contributed by atoms with E-state index in [0.29, 0.717) is 32.1 Å². The number of hydrogen-bond acceptors (Lipinski definition) is 6. The molecule has 0 atom stereocenters. The summed E-state index contributed by atoms with van der Waals surface area (Å²) >= 11 is 5.88. The predicted molar refractivity (Wildman–Crippen MR) is 97.3 cm³/mol. The maximum Gasteiger partial charge on any atom is 0.252 e. The molecule has 0 spiro atoms. The number of hydrogen-bond donors (Lipinski definition) is 2. The fraction of sp³-hybridized carbons (Fsp3) is 0.353. The maximum atomic E-state index is 13.0. The van der Waals surface area contributed by atoms with Crippen LogP contribution < -0.4 is 15.5 Å². The van der Waals surface area contributed by atoms with E-state index in [0.717, 1.165) is 25.0 Å². The smallest absolute Gasteiger partial charge is 0.252 e. The van der Waals surface area contributed by atoms with Gasteiger partial charge in [-0.15, -0.1) is 0 Å². The number of carbonyl (C=O) groups excluding carboxylic acids is 1. The van der Waals surface area contributed by atoms with Crippen LogP contribution in [0.2, 0.25) is 5.02 Å². The zero-order valence-corrected chi connectivity index (χ0v) is 14.8. The summed E-state index contributed by atoms with van der Waals surface area (Å²) in [6, 6.07) is 5.54. The van der Waals surface area contributed by atoms with Gasteiger partial charge in [-0.2, -0.15) is 0 Å². The predicted octanol–water partition coefficient (Wildman–Crippen LogP) is 1.95. The van der Waals surface area contributed by atoms with Gasteiger partial charge in [0.15, 0.2) is 0 Å². The number of nitrogens with one attached hydrogen (secondary N) is 2. The van der Waals surface area contributed by atoms with Crippen molar-refractivity contribution in [2.24, 2.45) is 0 Å². The average Bonchev–Trinajstić information content (AvgIpc) is 2.66. The highest BCUT2D eigenvalue weighted by molar-refractivity contribution is 6.33. The van der Waals surface area contributed by atoms with Crippen LogP contribution in [0.5, 0.6) is 0 Å². The van der Waals surface area contributed by atoms with Gasteiger partial charge in [0, 0.05) is 32.2 Å². The number of amides is 1. The monoisotopic (exact) mass is 379 g/mol. The van der Waals surface area contributed by atoms with Crippen molar-refractivity contribution in [1.29, 1.82) is 0 Å². The van der Waals surface area contributed by atoms with Crippen LogP contribution in [0.25, 0.3) is 0 Å². The zero-order valence-electron chi connectivity index (χ0n) is 14.0. The molecule has 138 valence electrons. The van der Waals surface area contributed by atoms with E-state index < -0.39 is 5.82 Å². The molecule has 1 fully saturated rings. The fourth-order valence-electron chi connectivity index (χ4n) is 2.54. The highest BCUT2D eigenvalue weighted by Crippen LogP contribution is 2.17. The Bertz CT molecular complexity index is 771. The topological polar surface area (TPSA) is 79.4 Å². The van der Waals surface area contributed by atoms with E-state index >= 15 is 0 Å². The second kappa shape index (κ2) is 8.77. The van der Waals surface area contributed by atoms with Gasteiger partial charge >= 0.3 is 0 Å². The first-order chi connectivity index (χ1) is 12.6. The lowest BCUT2D eigenvalue weighted by Gasteiger charge is -2.27. The van der Waals surface area contributed by atoms with Crippen LogP contribution in [0.1, 0.15) is 10.4 Å². The number of anilines is 2. The average molecular weight is 380 g/mol. The van der Waals surface area contributed by atoms with Crippen molar-refractivity contribution in [3.05, 3.63) is 47.0 Å². The molecular formula is C17H19ClFN5O2. The molecule has 3 rings (SSSR count). The number of benzene rings is 1. The van der Waals surface area contributed by atoms with E-state index in [1.54, 1.807) is 0 Å². The van der Waals surface area contributed by atoms with Gasteiger partial charge in [0.1, 0.15) is 23.8 Å². The summed E-state index contributed by atoms with van der Waals surface area (Å²) in [4.78, 5) is 22.6. The van der Waals surface area contributed by atoms with Crippen molar-refractivity contribution < 1.29 is 13.9 Å². The number of carbonyl (C=O) groups is 1. The van der Waals surface area contributed by atoms with Gasteiger partial charge in [-0.05, 0) is 18.2 Å². The first-order valence-electron chi connectivity index (χ1n) is 8.25. The molecule has 0 unspecified atom stereocenters. The molecule has 1 amide bonds. The molecule has 1 aliphatic heterocycles. The van der Waals surface area contributed by atoms with E-state index in [1.807, 2.05) is 6.07 Å². The van der Waals surface area contributed by atoms with Crippen LogP contribution in [0.3, 0.4) is 0 Å². The summed E-state index contributed by atoms with van der Waals surface area (Å²) in [6.07, 6.45) is 1.50. The Hall–Kier alpha value is -2.45. The SMILES string of the molecule is O=C(NCCNc1cc(N2CCOCC2)ncn1)c1ccc(F)cc1Cl. The van der Waals surface area contributed by atoms with Gasteiger partial charge in [-0.1, -0.05) is 11.6 Å². The third kappa shape index (κ3) is 4.80. The molecule has 26 heavy (non-hydrogen) atoms. The molecule has 0 radical (unpaired) electrons. The van der Waals surface area contributed by atoms with Gasteiger partial charge in [0.05, 0.1) is 23.8 Å².